The van der Waals surface area contributed by atoms with Crippen molar-refractivity contribution in [3.05, 3.63) is 42.7 Å². The minimum atomic E-state index is -0.750. The Bertz CT molecular complexity index is 304. The molecule has 0 aliphatic rings. The average Bonchev–Trinajstić information content (AvgIpc) is 2.52. The van der Waals surface area contributed by atoms with Crippen LogP contribution >= 0.6 is 0 Å². The van der Waals surface area contributed by atoms with Crippen molar-refractivity contribution in [2.24, 2.45) is 0 Å². The van der Waals surface area contributed by atoms with Crippen molar-refractivity contribution in [1.82, 2.24) is 4.40 Å². The van der Waals surface area contributed by atoms with Gasteiger partial charge in [0, 0.05) is 17.9 Å². The van der Waals surface area contributed by atoms with Gasteiger partial charge in [0.2, 0.25) is 0 Å². The molecule has 0 saturated heterocycles. The number of hydrogen-bond donors (Lipinski definition) is 2. The van der Waals surface area contributed by atoms with Gasteiger partial charge >= 0.3 is 7.69 Å². The molecule has 2 aromatic heterocycles. The largest absolute Gasteiger partial charge is 0.432 e. The van der Waals surface area contributed by atoms with E-state index in [9.17, 15) is 0 Å². The zero-order valence-electron chi connectivity index (χ0n) is 6.59. The van der Waals surface area contributed by atoms with Crippen LogP contribution < -0.4 is 0 Å². The fourth-order valence-corrected chi connectivity index (χ4v) is 0.980. The second-order valence-corrected chi connectivity index (χ2v) is 2.18. The quantitative estimate of drug-likeness (QED) is 0.544. The minimum Gasteiger partial charge on any atom is -0.430 e. The van der Waals surface area contributed by atoms with E-state index < -0.39 is 7.69 Å². The molecule has 2 N–H and O–H groups in total. The summed E-state index contributed by atoms with van der Waals surface area (Å²) in [5.74, 6) is 0. The van der Waals surface area contributed by atoms with E-state index >= 15 is 0 Å². The summed E-state index contributed by atoms with van der Waals surface area (Å²) in [5, 5.41) is 14.2. The molecule has 0 unspecified atom stereocenters. The molecule has 0 amide bonds. The molecular formula is C8H10BNO2. The van der Waals surface area contributed by atoms with Crippen LogP contribution in [-0.4, -0.2) is 22.1 Å². The number of fused-ring (bicyclic) bond motifs is 1. The summed E-state index contributed by atoms with van der Waals surface area (Å²) in [4.78, 5) is 0. The van der Waals surface area contributed by atoms with E-state index in [2.05, 4.69) is 16.5 Å². The molecule has 62 valence electrons. The Labute approximate surface area is 71.2 Å². The highest BCUT2D eigenvalue weighted by molar-refractivity contribution is 6.13. The van der Waals surface area contributed by atoms with Crippen LogP contribution in [0.15, 0.2) is 42.7 Å². The lowest BCUT2D eigenvalue weighted by molar-refractivity contribution is 0.448. The summed E-state index contributed by atoms with van der Waals surface area (Å²) in [6.45, 7) is 0. The monoisotopic (exact) mass is 163 g/mol. The van der Waals surface area contributed by atoms with Gasteiger partial charge in [0.15, 0.2) is 0 Å². The van der Waals surface area contributed by atoms with Gasteiger partial charge in [-0.15, -0.1) is 0 Å². The van der Waals surface area contributed by atoms with Gasteiger partial charge in [0.1, 0.15) is 0 Å². The topological polar surface area (TPSA) is 44.9 Å². The van der Waals surface area contributed by atoms with Crippen LogP contribution in [0.1, 0.15) is 0 Å². The van der Waals surface area contributed by atoms with Crippen molar-refractivity contribution < 1.29 is 10.0 Å². The predicted molar refractivity (Wildman–Crippen MR) is 49.0 cm³/mol. The van der Waals surface area contributed by atoms with Gasteiger partial charge in [-0.1, -0.05) is 6.07 Å². The number of nitrogens with zero attached hydrogens (tertiary/aromatic N) is 1. The maximum atomic E-state index is 7.12. The summed E-state index contributed by atoms with van der Waals surface area (Å²) in [7, 11) is -0.750. The number of rotatable bonds is 0. The maximum Gasteiger partial charge on any atom is 0.432 e. The molecule has 3 nitrogen and oxygen atoms in total. The summed E-state index contributed by atoms with van der Waals surface area (Å²) in [5.41, 5.74) is 1.25. The highest BCUT2D eigenvalue weighted by atomic mass is 16.4. The van der Waals surface area contributed by atoms with Gasteiger partial charge in [-0.25, -0.2) is 0 Å². The lowest BCUT2D eigenvalue weighted by atomic mass is 10.4. The summed E-state index contributed by atoms with van der Waals surface area (Å²) in [6.07, 6.45) is 4.07. The van der Waals surface area contributed by atoms with Crippen LogP contribution in [0.4, 0.5) is 0 Å². The van der Waals surface area contributed by atoms with Gasteiger partial charge in [0.05, 0.1) is 0 Å². The fourth-order valence-electron chi connectivity index (χ4n) is 0.980. The normalized spacial score (nSPS) is 8.83. The molecule has 0 radical (unpaired) electrons. The van der Waals surface area contributed by atoms with Gasteiger partial charge in [-0.2, -0.15) is 0 Å². The van der Waals surface area contributed by atoms with Crippen molar-refractivity contribution >= 4 is 13.2 Å². The Hall–Kier alpha value is -1.26. The molecule has 2 heterocycles. The summed E-state index contributed by atoms with van der Waals surface area (Å²) < 4.78 is 2.08. The van der Waals surface area contributed by atoms with Crippen LogP contribution in [0.2, 0.25) is 0 Å². The first-order chi connectivity index (χ1) is 5.88. The molecule has 0 atom stereocenters. The number of hydrogen-bond acceptors (Lipinski definition) is 2. The van der Waals surface area contributed by atoms with Crippen LogP contribution in [-0.2, 0) is 0 Å². The van der Waals surface area contributed by atoms with Gasteiger partial charge in [0.25, 0.3) is 0 Å². The van der Waals surface area contributed by atoms with Crippen molar-refractivity contribution in [2.45, 2.75) is 0 Å². The molecular weight excluding hydrogens is 153 g/mol. The Morgan fingerprint density at radius 1 is 1.00 bits per heavy atom. The van der Waals surface area contributed by atoms with E-state index in [1.54, 1.807) is 0 Å². The Kier molecular flexibility index (Phi) is 3.38. The first kappa shape index (κ1) is 8.84. The van der Waals surface area contributed by atoms with Crippen molar-refractivity contribution in [3.63, 3.8) is 0 Å². The van der Waals surface area contributed by atoms with E-state index in [1.807, 2.05) is 30.6 Å². The molecule has 0 aliphatic heterocycles. The van der Waals surface area contributed by atoms with E-state index in [1.165, 1.54) is 5.52 Å². The SMILES string of the molecule is OBO.c1ccn2cccc2c1. The van der Waals surface area contributed by atoms with E-state index in [4.69, 9.17) is 10.0 Å². The minimum absolute atomic E-state index is 0.750. The molecule has 0 aromatic carbocycles. The molecule has 0 aliphatic carbocycles. The molecule has 0 spiro atoms. The average molecular weight is 163 g/mol. The Morgan fingerprint density at radius 3 is 2.25 bits per heavy atom. The van der Waals surface area contributed by atoms with Gasteiger partial charge in [-0.3, -0.25) is 0 Å². The van der Waals surface area contributed by atoms with Crippen molar-refractivity contribution in [3.8, 4) is 0 Å². The number of aromatic nitrogens is 1. The molecule has 2 rings (SSSR count). The fraction of sp³-hybridized carbons (Fsp3) is 0. The third-order valence-corrected chi connectivity index (χ3v) is 1.44. The lowest BCUT2D eigenvalue weighted by Crippen LogP contribution is -1.75. The van der Waals surface area contributed by atoms with Crippen molar-refractivity contribution in [2.75, 3.05) is 0 Å². The number of pyridine rings is 1. The molecule has 0 bridgehead atoms. The second-order valence-electron chi connectivity index (χ2n) is 2.18. The lowest BCUT2D eigenvalue weighted by Gasteiger charge is -1.88. The first-order valence-electron chi connectivity index (χ1n) is 3.62. The zero-order valence-corrected chi connectivity index (χ0v) is 6.59. The van der Waals surface area contributed by atoms with Crippen LogP contribution in [0.5, 0.6) is 0 Å². The second kappa shape index (κ2) is 4.59. The van der Waals surface area contributed by atoms with Crippen LogP contribution in [0, 0.1) is 0 Å². The Morgan fingerprint density at radius 2 is 1.58 bits per heavy atom. The predicted octanol–water partition coefficient (Wildman–Crippen LogP) is 0.177. The smallest absolute Gasteiger partial charge is 0.430 e. The molecule has 2 aromatic rings. The van der Waals surface area contributed by atoms with E-state index in [0.29, 0.717) is 0 Å². The third kappa shape index (κ3) is 2.12. The highest BCUT2D eigenvalue weighted by Crippen LogP contribution is 2.01. The molecule has 0 fully saturated rings. The standard InChI is InChI=1S/C8H7N.BH3O2/c1-2-6-9-7-3-5-8(9)4-1;2-1-3/h1-7H;1-3H. The summed E-state index contributed by atoms with van der Waals surface area (Å²) >= 11 is 0. The van der Waals surface area contributed by atoms with Gasteiger partial charge in [-0.05, 0) is 24.3 Å². The third-order valence-electron chi connectivity index (χ3n) is 1.44. The maximum absolute atomic E-state index is 7.12. The van der Waals surface area contributed by atoms with Crippen LogP contribution in [0.3, 0.4) is 0 Å². The zero-order chi connectivity index (χ0) is 8.81. The first-order valence-corrected chi connectivity index (χ1v) is 3.62. The van der Waals surface area contributed by atoms with Crippen LogP contribution in [0.25, 0.3) is 5.52 Å². The summed E-state index contributed by atoms with van der Waals surface area (Å²) in [6, 6.07) is 10.3. The molecule has 12 heavy (non-hydrogen) atoms. The van der Waals surface area contributed by atoms with E-state index in [0.717, 1.165) is 0 Å². The van der Waals surface area contributed by atoms with Crippen molar-refractivity contribution in [1.29, 1.82) is 0 Å². The molecule has 0 saturated carbocycles. The van der Waals surface area contributed by atoms with Gasteiger partial charge < -0.3 is 14.4 Å². The van der Waals surface area contributed by atoms with E-state index in [-0.39, 0.29) is 0 Å². The highest BCUT2D eigenvalue weighted by Gasteiger charge is 1.83. The Balaban J connectivity index is 0.000000213. The molecule has 4 heteroatoms.